The van der Waals surface area contributed by atoms with E-state index in [2.05, 4.69) is 9.82 Å². The minimum Gasteiger partial charge on any atom is -0.272 e. The summed E-state index contributed by atoms with van der Waals surface area (Å²) in [5, 5.41) is 4.29. The molecule has 0 atom stereocenters. The Hall–Kier alpha value is -1.66. The summed E-state index contributed by atoms with van der Waals surface area (Å²) >= 11 is 0. The minimum absolute atomic E-state index is 0.396. The molecule has 0 unspecified atom stereocenters. The summed E-state index contributed by atoms with van der Waals surface area (Å²) in [7, 11) is -3.50. The molecule has 0 fully saturated rings. The highest BCUT2D eigenvalue weighted by Crippen LogP contribution is 2.25. The van der Waals surface area contributed by atoms with E-state index < -0.39 is 10.0 Å². The lowest BCUT2D eigenvalue weighted by Gasteiger charge is -2.16. The molecule has 0 amide bonds. The average Bonchev–Trinajstić information content (AvgIpc) is 2.87. The van der Waals surface area contributed by atoms with Gasteiger partial charge in [0.1, 0.15) is 0 Å². The van der Waals surface area contributed by atoms with Crippen molar-refractivity contribution in [2.75, 3.05) is 6.54 Å². The molecule has 126 valence electrons. The summed E-state index contributed by atoms with van der Waals surface area (Å²) < 4.78 is 29.9. The van der Waals surface area contributed by atoms with Crippen LogP contribution in [-0.4, -0.2) is 24.7 Å². The second kappa shape index (κ2) is 6.84. The van der Waals surface area contributed by atoms with Crippen LogP contribution in [-0.2, 0) is 16.6 Å². The number of nitrogens with one attached hydrogen (secondary N) is 1. The monoisotopic (exact) mass is 335 g/mol. The lowest BCUT2D eigenvalue weighted by molar-refractivity contribution is 0.550. The van der Waals surface area contributed by atoms with Crippen molar-refractivity contribution in [3.8, 4) is 0 Å². The fourth-order valence-corrected chi connectivity index (χ4v) is 4.38. The predicted octanol–water partition coefficient (Wildman–Crippen LogP) is 2.79. The van der Waals surface area contributed by atoms with Crippen molar-refractivity contribution in [1.82, 2.24) is 14.5 Å². The number of aryl methyl sites for hydroxylation is 4. The fourth-order valence-electron chi connectivity index (χ4n) is 2.69. The van der Waals surface area contributed by atoms with Gasteiger partial charge in [0.15, 0.2) is 0 Å². The van der Waals surface area contributed by atoms with Gasteiger partial charge >= 0.3 is 0 Å². The van der Waals surface area contributed by atoms with Crippen molar-refractivity contribution in [2.24, 2.45) is 0 Å². The van der Waals surface area contributed by atoms with Crippen LogP contribution in [0.5, 0.6) is 0 Å². The Morgan fingerprint density at radius 3 is 2.22 bits per heavy atom. The van der Waals surface area contributed by atoms with Crippen LogP contribution in [0.1, 0.15) is 34.4 Å². The third-order valence-electron chi connectivity index (χ3n) is 4.20. The summed E-state index contributed by atoms with van der Waals surface area (Å²) in [6.45, 7) is 10.6. The second-order valence-corrected chi connectivity index (χ2v) is 7.76. The van der Waals surface area contributed by atoms with E-state index in [1.165, 1.54) is 0 Å². The number of hydrogen-bond acceptors (Lipinski definition) is 3. The third-order valence-corrected chi connectivity index (χ3v) is 5.93. The molecule has 0 saturated carbocycles. The second-order valence-electron chi connectivity index (χ2n) is 6.06. The zero-order valence-corrected chi connectivity index (χ0v) is 15.3. The van der Waals surface area contributed by atoms with E-state index in [9.17, 15) is 8.42 Å². The molecule has 5 nitrogen and oxygen atoms in total. The number of sulfonamides is 1. The van der Waals surface area contributed by atoms with Crippen molar-refractivity contribution >= 4 is 10.0 Å². The number of benzene rings is 1. The average molecular weight is 335 g/mol. The molecule has 1 aromatic heterocycles. The van der Waals surface area contributed by atoms with Crippen molar-refractivity contribution in [3.05, 3.63) is 46.3 Å². The molecule has 6 heteroatoms. The molecule has 23 heavy (non-hydrogen) atoms. The molecule has 0 bridgehead atoms. The number of rotatable bonds is 6. The quantitative estimate of drug-likeness (QED) is 0.826. The minimum atomic E-state index is -3.50. The highest BCUT2D eigenvalue weighted by molar-refractivity contribution is 7.89. The molecule has 2 aromatic rings. The van der Waals surface area contributed by atoms with Crippen LogP contribution in [0.15, 0.2) is 23.2 Å². The van der Waals surface area contributed by atoms with E-state index in [1.54, 1.807) is 0 Å². The molecule has 0 radical (unpaired) electrons. The van der Waals surface area contributed by atoms with Crippen molar-refractivity contribution in [3.63, 3.8) is 0 Å². The molecule has 0 aliphatic carbocycles. The van der Waals surface area contributed by atoms with Gasteiger partial charge in [-0.05, 0) is 69.4 Å². The maximum absolute atomic E-state index is 12.7. The largest absolute Gasteiger partial charge is 0.272 e. The standard InChI is InChI=1S/C17H25N3O2S/c1-12-11-13(2)16(5)17(15(12)4)23(21,22)18-8-6-9-20-10-7-14(3)19-20/h7,10-11,18H,6,8-9H2,1-5H3. The highest BCUT2D eigenvalue weighted by atomic mass is 32.2. The van der Waals surface area contributed by atoms with Gasteiger partial charge in [0.25, 0.3) is 0 Å². The smallest absolute Gasteiger partial charge is 0.241 e. The third kappa shape index (κ3) is 4.00. The first-order chi connectivity index (χ1) is 10.7. The van der Waals surface area contributed by atoms with Gasteiger partial charge in [-0.2, -0.15) is 5.10 Å². The molecule has 0 spiro atoms. The number of aromatic nitrogens is 2. The Kier molecular flexibility index (Phi) is 5.26. The summed E-state index contributed by atoms with van der Waals surface area (Å²) in [6, 6.07) is 3.97. The summed E-state index contributed by atoms with van der Waals surface area (Å²) in [6.07, 6.45) is 2.60. The van der Waals surface area contributed by atoms with Crippen LogP contribution in [0.25, 0.3) is 0 Å². The van der Waals surface area contributed by atoms with Crippen LogP contribution >= 0.6 is 0 Å². The molecule has 0 aliphatic heterocycles. The van der Waals surface area contributed by atoms with E-state index in [0.717, 1.165) is 27.9 Å². The normalized spacial score (nSPS) is 11.9. The van der Waals surface area contributed by atoms with Gasteiger partial charge in [0.05, 0.1) is 10.6 Å². The van der Waals surface area contributed by atoms with Gasteiger partial charge in [-0.15, -0.1) is 0 Å². The van der Waals surface area contributed by atoms with E-state index in [-0.39, 0.29) is 0 Å². The first kappa shape index (κ1) is 17.7. The van der Waals surface area contributed by atoms with Crippen LogP contribution < -0.4 is 4.72 Å². The lowest BCUT2D eigenvalue weighted by Crippen LogP contribution is -2.27. The highest BCUT2D eigenvalue weighted by Gasteiger charge is 2.21. The summed E-state index contributed by atoms with van der Waals surface area (Å²) in [4.78, 5) is 0.421. The van der Waals surface area contributed by atoms with E-state index in [4.69, 9.17) is 0 Å². The molecule has 2 rings (SSSR count). The topological polar surface area (TPSA) is 64.0 Å². The van der Waals surface area contributed by atoms with Crippen LogP contribution in [0.2, 0.25) is 0 Å². The van der Waals surface area contributed by atoms with Gasteiger partial charge in [-0.25, -0.2) is 13.1 Å². The Morgan fingerprint density at radius 2 is 1.70 bits per heavy atom. The molecule has 0 saturated heterocycles. The fraction of sp³-hybridized carbons (Fsp3) is 0.471. The predicted molar refractivity (Wildman–Crippen MR) is 92.2 cm³/mol. The van der Waals surface area contributed by atoms with Gasteiger partial charge in [-0.1, -0.05) is 6.07 Å². The maximum Gasteiger partial charge on any atom is 0.241 e. The van der Waals surface area contributed by atoms with Crippen molar-refractivity contribution < 1.29 is 8.42 Å². The van der Waals surface area contributed by atoms with Crippen LogP contribution in [0.3, 0.4) is 0 Å². The van der Waals surface area contributed by atoms with Crippen molar-refractivity contribution in [1.29, 1.82) is 0 Å². The molecule has 1 heterocycles. The number of nitrogens with zero attached hydrogens (tertiary/aromatic N) is 2. The zero-order valence-electron chi connectivity index (χ0n) is 14.5. The summed E-state index contributed by atoms with van der Waals surface area (Å²) in [5.41, 5.74) is 4.61. The first-order valence-corrected chi connectivity index (χ1v) is 9.28. The van der Waals surface area contributed by atoms with E-state index in [1.807, 2.05) is 57.6 Å². The van der Waals surface area contributed by atoms with Gasteiger partial charge < -0.3 is 0 Å². The maximum atomic E-state index is 12.7. The molecular weight excluding hydrogens is 310 g/mol. The van der Waals surface area contributed by atoms with Gasteiger partial charge in [0.2, 0.25) is 10.0 Å². The van der Waals surface area contributed by atoms with E-state index >= 15 is 0 Å². The summed E-state index contributed by atoms with van der Waals surface area (Å²) in [5.74, 6) is 0. The Labute approximate surface area is 138 Å². The van der Waals surface area contributed by atoms with E-state index in [0.29, 0.717) is 24.4 Å². The molecule has 0 aliphatic rings. The number of hydrogen-bond donors (Lipinski definition) is 1. The Bertz CT molecular complexity index is 781. The molecule has 1 N–H and O–H groups in total. The van der Waals surface area contributed by atoms with Crippen LogP contribution in [0.4, 0.5) is 0 Å². The Morgan fingerprint density at radius 1 is 1.09 bits per heavy atom. The van der Waals surface area contributed by atoms with Gasteiger partial charge in [-0.3, -0.25) is 4.68 Å². The van der Waals surface area contributed by atoms with Crippen molar-refractivity contribution in [2.45, 2.75) is 52.5 Å². The molecule has 1 aromatic carbocycles. The zero-order chi connectivity index (χ0) is 17.2. The first-order valence-electron chi connectivity index (χ1n) is 7.79. The SMILES string of the molecule is Cc1ccn(CCCNS(=O)(=O)c2c(C)c(C)cc(C)c2C)n1. The van der Waals surface area contributed by atoms with Crippen LogP contribution in [0, 0.1) is 34.6 Å². The molecular formula is C17H25N3O2S. The lowest BCUT2D eigenvalue weighted by atomic mass is 10.0. The Balaban J connectivity index is 2.08. The van der Waals surface area contributed by atoms with Gasteiger partial charge in [0, 0.05) is 19.3 Å².